The molecule has 1 aromatic heterocycles. The molecule has 64 valence electrons. The third kappa shape index (κ3) is 3.18. The second-order valence-corrected chi connectivity index (χ2v) is 2.37. The topological polar surface area (TPSA) is 29.1 Å². The van der Waals surface area contributed by atoms with E-state index in [2.05, 4.69) is 5.32 Å². The van der Waals surface area contributed by atoms with Gasteiger partial charge in [-0.3, -0.25) is 4.79 Å². The van der Waals surface area contributed by atoms with Crippen LogP contribution in [-0.4, -0.2) is 13.0 Å². The Kier molecular flexibility index (Phi) is 5.47. The van der Waals surface area contributed by atoms with Gasteiger partial charge in [-0.1, -0.05) is 13.8 Å². The van der Waals surface area contributed by atoms with E-state index >= 15 is 0 Å². The summed E-state index contributed by atoms with van der Waals surface area (Å²) in [4.78, 5) is 10.8. The molecule has 1 aromatic rings. The Morgan fingerprint density at radius 3 is 2.64 bits per heavy atom. The van der Waals surface area contributed by atoms with Crippen LogP contribution in [0.25, 0.3) is 0 Å². The number of carbonyl (C=O) groups excluding carboxylic acids is 1. The van der Waals surface area contributed by atoms with Crippen molar-refractivity contribution in [1.29, 1.82) is 0 Å². The molecule has 0 bridgehead atoms. The zero-order chi connectivity index (χ0) is 8.69. The predicted molar refractivity (Wildman–Crippen MR) is 51.2 cm³/mol. The molecule has 0 saturated heterocycles. The highest BCUT2D eigenvalue weighted by Crippen LogP contribution is 2.04. The van der Waals surface area contributed by atoms with Gasteiger partial charge in [-0.15, -0.1) is 0 Å². The van der Waals surface area contributed by atoms with E-state index in [0.717, 1.165) is 5.56 Å². The summed E-state index contributed by atoms with van der Waals surface area (Å²) in [6.45, 7) is 4.00. The first-order valence-corrected chi connectivity index (χ1v) is 4.53. The van der Waals surface area contributed by atoms with Gasteiger partial charge in [0.2, 0.25) is 0 Å². The second-order valence-electron chi connectivity index (χ2n) is 1.59. The standard InChI is InChI=1S/C6H7NOS.C2H6.H2/c1-7-6(8)5-2-3-9-4-5;1-2;/h2-4H,1H3,(H,7,8);1-2H3;1H. The molecule has 2 nitrogen and oxygen atoms in total. The summed E-state index contributed by atoms with van der Waals surface area (Å²) in [7, 11) is 1.62. The van der Waals surface area contributed by atoms with Crippen LogP contribution in [0.2, 0.25) is 0 Å². The van der Waals surface area contributed by atoms with Crippen molar-refractivity contribution in [3.63, 3.8) is 0 Å². The van der Waals surface area contributed by atoms with Crippen LogP contribution in [0, 0.1) is 0 Å². The molecule has 11 heavy (non-hydrogen) atoms. The number of carbonyl (C=O) groups is 1. The van der Waals surface area contributed by atoms with Gasteiger partial charge >= 0.3 is 0 Å². The van der Waals surface area contributed by atoms with E-state index in [1.54, 1.807) is 13.1 Å². The lowest BCUT2D eigenvalue weighted by Crippen LogP contribution is -2.16. The molecular formula is C8H15NOS. The minimum Gasteiger partial charge on any atom is -0.355 e. The summed E-state index contributed by atoms with van der Waals surface area (Å²) in [5, 5.41) is 6.23. The van der Waals surface area contributed by atoms with Crippen LogP contribution in [0.3, 0.4) is 0 Å². The van der Waals surface area contributed by atoms with Crippen molar-refractivity contribution < 1.29 is 6.22 Å². The Balaban J connectivity index is 0. The van der Waals surface area contributed by atoms with Crippen LogP contribution in [-0.2, 0) is 0 Å². The molecule has 1 N–H and O–H groups in total. The van der Waals surface area contributed by atoms with Crippen molar-refractivity contribution in [2.45, 2.75) is 13.8 Å². The first-order valence-electron chi connectivity index (χ1n) is 3.59. The zero-order valence-electron chi connectivity index (χ0n) is 7.05. The van der Waals surface area contributed by atoms with E-state index in [1.807, 2.05) is 24.6 Å². The van der Waals surface area contributed by atoms with Gasteiger partial charge in [0.15, 0.2) is 0 Å². The van der Waals surface area contributed by atoms with Crippen LogP contribution < -0.4 is 5.32 Å². The van der Waals surface area contributed by atoms with E-state index in [9.17, 15) is 4.79 Å². The number of hydrogen-bond acceptors (Lipinski definition) is 2. The normalized spacial score (nSPS) is 7.91. The molecule has 0 aromatic carbocycles. The summed E-state index contributed by atoms with van der Waals surface area (Å²) < 4.78 is 0. The molecular weight excluding hydrogens is 158 g/mol. The van der Waals surface area contributed by atoms with Crippen LogP contribution in [0.15, 0.2) is 16.8 Å². The molecule has 0 spiro atoms. The number of rotatable bonds is 1. The van der Waals surface area contributed by atoms with Gasteiger partial charge in [0.25, 0.3) is 5.91 Å². The maximum Gasteiger partial charge on any atom is 0.251 e. The van der Waals surface area contributed by atoms with E-state index in [4.69, 9.17) is 0 Å². The Labute approximate surface area is 72.7 Å². The lowest BCUT2D eigenvalue weighted by molar-refractivity contribution is 0.0963. The summed E-state index contributed by atoms with van der Waals surface area (Å²) >= 11 is 1.52. The van der Waals surface area contributed by atoms with Crippen molar-refractivity contribution in [3.05, 3.63) is 22.4 Å². The van der Waals surface area contributed by atoms with Gasteiger partial charge in [-0.2, -0.15) is 11.3 Å². The molecule has 0 aliphatic heterocycles. The number of nitrogens with one attached hydrogen (secondary N) is 1. The summed E-state index contributed by atoms with van der Waals surface area (Å²) in [5.74, 6) is -0.0174. The molecule has 0 aliphatic carbocycles. The Morgan fingerprint density at radius 1 is 1.64 bits per heavy atom. The van der Waals surface area contributed by atoms with E-state index in [-0.39, 0.29) is 7.33 Å². The highest BCUT2D eigenvalue weighted by Gasteiger charge is 1.99. The van der Waals surface area contributed by atoms with Gasteiger partial charge in [0, 0.05) is 19.4 Å². The van der Waals surface area contributed by atoms with Gasteiger partial charge in [0.1, 0.15) is 0 Å². The average molecular weight is 173 g/mol. The molecule has 0 atom stereocenters. The third-order valence-electron chi connectivity index (χ3n) is 1.01. The minimum atomic E-state index is -0.0174. The van der Waals surface area contributed by atoms with Gasteiger partial charge in [-0.05, 0) is 11.4 Å². The first kappa shape index (κ1) is 10.2. The largest absolute Gasteiger partial charge is 0.355 e. The van der Waals surface area contributed by atoms with Gasteiger partial charge in [-0.25, -0.2) is 0 Å². The Bertz CT molecular complexity index is 199. The Morgan fingerprint density at radius 2 is 2.27 bits per heavy atom. The SMILES string of the molecule is CC.CNC(=O)c1ccsc1.[HH]. The molecule has 1 heterocycles. The third-order valence-corrected chi connectivity index (χ3v) is 1.69. The van der Waals surface area contributed by atoms with Crippen molar-refractivity contribution in [3.8, 4) is 0 Å². The second kappa shape index (κ2) is 5.92. The van der Waals surface area contributed by atoms with Crippen molar-refractivity contribution in [2.75, 3.05) is 7.05 Å². The molecule has 1 rings (SSSR count). The monoisotopic (exact) mass is 173 g/mol. The maximum absolute atomic E-state index is 10.8. The summed E-state index contributed by atoms with van der Waals surface area (Å²) in [5.41, 5.74) is 0.738. The fraction of sp³-hybridized carbons (Fsp3) is 0.375. The number of thiophene rings is 1. The fourth-order valence-electron chi connectivity index (χ4n) is 0.538. The van der Waals surface area contributed by atoms with Crippen molar-refractivity contribution in [2.24, 2.45) is 0 Å². The lowest BCUT2D eigenvalue weighted by atomic mass is 10.3. The zero-order valence-corrected chi connectivity index (χ0v) is 7.87. The van der Waals surface area contributed by atoms with E-state index < -0.39 is 0 Å². The highest BCUT2D eigenvalue weighted by molar-refractivity contribution is 7.08. The number of amides is 1. The van der Waals surface area contributed by atoms with Gasteiger partial charge in [0.05, 0.1) is 0 Å². The van der Waals surface area contributed by atoms with E-state index in [0.29, 0.717) is 0 Å². The fourth-order valence-corrected chi connectivity index (χ4v) is 1.17. The number of hydrogen-bond donors (Lipinski definition) is 1. The molecule has 0 unspecified atom stereocenters. The molecule has 0 saturated carbocycles. The van der Waals surface area contributed by atoms with Crippen molar-refractivity contribution >= 4 is 17.2 Å². The van der Waals surface area contributed by atoms with Gasteiger partial charge < -0.3 is 5.32 Å². The highest BCUT2D eigenvalue weighted by atomic mass is 32.1. The molecule has 0 fully saturated rings. The molecule has 0 aliphatic rings. The maximum atomic E-state index is 10.8. The quantitative estimate of drug-likeness (QED) is 0.694. The lowest BCUT2D eigenvalue weighted by Gasteiger charge is -1.90. The van der Waals surface area contributed by atoms with Crippen LogP contribution in [0.4, 0.5) is 0 Å². The summed E-state index contributed by atoms with van der Waals surface area (Å²) in [6, 6.07) is 1.80. The van der Waals surface area contributed by atoms with Crippen LogP contribution in [0.5, 0.6) is 0 Å². The van der Waals surface area contributed by atoms with Crippen molar-refractivity contribution in [1.82, 2.24) is 5.32 Å². The smallest absolute Gasteiger partial charge is 0.251 e. The molecule has 0 radical (unpaired) electrons. The molecule has 3 heteroatoms. The predicted octanol–water partition coefficient (Wildman–Crippen LogP) is 2.38. The first-order chi connectivity index (χ1) is 5.34. The Hall–Kier alpha value is -0.830. The van der Waals surface area contributed by atoms with Crippen LogP contribution >= 0.6 is 11.3 Å². The summed E-state index contributed by atoms with van der Waals surface area (Å²) in [6.07, 6.45) is 0. The van der Waals surface area contributed by atoms with E-state index in [1.165, 1.54) is 11.3 Å². The molecule has 1 amide bonds. The average Bonchev–Trinajstić information content (AvgIpc) is 2.59. The van der Waals surface area contributed by atoms with Crippen LogP contribution in [0.1, 0.15) is 25.6 Å². The minimum absolute atomic E-state index is 0.